The van der Waals surface area contributed by atoms with E-state index in [4.69, 9.17) is 0 Å². The highest BCUT2D eigenvalue weighted by molar-refractivity contribution is 8.00. The van der Waals surface area contributed by atoms with Gasteiger partial charge in [0.25, 0.3) is 0 Å². The zero-order valence-electron chi connectivity index (χ0n) is 21.5. The molecule has 0 bridgehead atoms. The number of fused-ring (bicyclic) bond motifs is 3. The van der Waals surface area contributed by atoms with Crippen LogP contribution in [0.3, 0.4) is 0 Å². The average molecular weight is 547 g/mol. The predicted octanol–water partition coefficient (Wildman–Crippen LogP) is 5.60. The van der Waals surface area contributed by atoms with E-state index >= 15 is 0 Å². The van der Waals surface area contributed by atoms with Gasteiger partial charge in [0.1, 0.15) is 16.2 Å². The molecular formula is C26H34N4O3S3. The molecule has 1 aliphatic rings. The Labute approximate surface area is 222 Å². The van der Waals surface area contributed by atoms with Crippen molar-refractivity contribution >= 4 is 54.9 Å². The van der Waals surface area contributed by atoms with Gasteiger partial charge in [-0.2, -0.15) is 4.31 Å². The summed E-state index contributed by atoms with van der Waals surface area (Å²) in [6.07, 6.45) is 4.83. The van der Waals surface area contributed by atoms with Crippen molar-refractivity contribution in [3.8, 4) is 0 Å². The molecule has 0 saturated heterocycles. The fourth-order valence-corrected chi connectivity index (χ4v) is 8.30. The summed E-state index contributed by atoms with van der Waals surface area (Å²) in [5.41, 5.74) is 2.19. The molecule has 194 valence electrons. The molecule has 3 aromatic rings. The van der Waals surface area contributed by atoms with E-state index in [0.717, 1.165) is 34.5 Å². The zero-order valence-corrected chi connectivity index (χ0v) is 23.9. The third-order valence-electron chi connectivity index (χ3n) is 6.86. The molecule has 1 aliphatic carbocycles. The minimum Gasteiger partial charge on any atom is -0.325 e. The van der Waals surface area contributed by atoms with Crippen molar-refractivity contribution in [3.63, 3.8) is 0 Å². The summed E-state index contributed by atoms with van der Waals surface area (Å²) in [5, 5.41) is 4.82. The summed E-state index contributed by atoms with van der Waals surface area (Å²) in [6.45, 7) is 11.4. The van der Waals surface area contributed by atoms with Crippen LogP contribution < -0.4 is 5.32 Å². The van der Waals surface area contributed by atoms with Crippen molar-refractivity contribution in [2.45, 2.75) is 63.8 Å². The Morgan fingerprint density at radius 3 is 2.50 bits per heavy atom. The average Bonchev–Trinajstić information content (AvgIpc) is 3.21. The van der Waals surface area contributed by atoms with Crippen LogP contribution in [0.4, 0.5) is 5.69 Å². The second-order valence-electron chi connectivity index (χ2n) is 10.1. The van der Waals surface area contributed by atoms with Crippen molar-refractivity contribution in [2.24, 2.45) is 11.3 Å². The predicted molar refractivity (Wildman–Crippen MR) is 148 cm³/mol. The number of benzene rings is 1. The molecule has 0 fully saturated rings. The van der Waals surface area contributed by atoms with Crippen LogP contribution in [0.5, 0.6) is 0 Å². The first-order valence-electron chi connectivity index (χ1n) is 12.3. The molecule has 0 spiro atoms. The number of hydrogen-bond donors (Lipinski definition) is 1. The number of carbonyl (C=O) groups excluding carboxylic acids is 1. The molecule has 2 aromatic heterocycles. The third kappa shape index (κ3) is 5.61. The Bertz CT molecular complexity index is 1340. The topological polar surface area (TPSA) is 92.3 Å². The van der Waals surface area contributed by atoms with Gasteiger partial charge in [-0.25, -0.2) is 18.4 Å². The van der Waals surface area contributed by atoms with Crippen LogP contribution in [0.25, 0.3) is 10.2 Å². The number of nitrogens with zero attached hydrogens (tertiary/aromatic N) is 3. The Morgan fingerprint density at radius 1 is 1.17 bits per heavy atom. The van der Waals surface area contributed by atoms with E-state index in [1.807, 2.05) is 13.8 Å². The minimum atomic E-state index is -3.52. The van der Waals surface area contributed by atoms with Gasteiger partial charge in [0.15, 0.2) is 0 Å². The fraction of sp³-hybridized carbons (Fsp3) is 0.500. The highest BCUT2D eigenvalue weighted by atomic mass is 32.2. The molecule has 10 heteroatoms. The van der Waals surface area contributed by atoms with Gasteiger partial charge in [0.05, 0.1) is 10.6 Å². The summed E-state index contributed by atoms with van der Waals surface area (Å²) in [7, 11) is -3.52. The smallest absolute Gasteiger partial charge is 0.243 e. The van der Waals surface area contributed by atoms with E-state index in [1.54, 1.807) is 29.8 Å². The van der Waals surface area contributed by atoms with Gasteiger partial charge in [0.2, 0.25) is 15.9 Å². The number of rotatable bonds is 8. The lowest BCUT2D eigenvalue weighted by Crippen LogP contribution is -2.30. The maximum absolute atomic E-state index is 12.7. The number of anilines is 1. The van der Waals surface area contributed by atoms with Crippen LogP contribution in [0.15, 0.2) is 40.5 Å². The maximum Gasteiger partial charge on any atom is 0.243 e. The van der Waals surface area contributed by atoms with E-state index in [-0.39, 0.29) is 22.0 Å². The van der Waals surface area contributed by atoms with Crippen LogP contribution in [-0.4, -0.2) is 47.4 Å². The molecule has 36 heavy (non-hydrogen) atoms. The first-order valence-corrected chi connectivity index (χ1v) is 15.6. The number of thioether (sulfide) groups is 1. The van der Waals surface area contributed by atoms with Gasteiger partial charge < -0.3 is 5.32 Å². The number of amides is 1. The molecule has 2 heterocycles. The molecule has 4 rings (SSSR count). The third-order valence-corrected chi connectivity index (χ3v) is 11.1. The Morgan fingerprint density at radius 2 is 1.86 bits per heavy atom. The van der Waals surface area contributed by atoms with Gasteiger partial charge in [-0.3, -0.25) is 4.79 Å². The first kappa shape index (κ1) is 27.0. The van der Waals surface area contributed by atoms with Crippen LogP contribution in [-0.2, 0) is 27.7 Å². The van der Waals surface area contributed by atoms with Gasteiger partial charge >= 0.3 is 0 Å². The number of aryl methyl sites for hydroxylation is 1. The van der Waals surface area contributed by atoms with Crippen molar-refractivity contribution in [3.05, 3.63) is 41.0 Å². The molecule has 1 N–H and O–H groups in total. The lowest BCUT2D eigenvalue weighted by Gasteiger charge is -2.33. The summed E-state index contributed by atoms with van der Waals surface area (Å²) < 4.78 is 26.7. The van der Waals surface area contributed by atoms with Crippen molar-refractivity contribution in [1.82, 2.24) is 14.3 Å². The maximum atomic E-state index is 12.7. The summed E-state index contributed by atoms with van der Waals surface area (Å²) >= 11 is 3.18. The van der Waals surface area contributed by atoms with Gasteiger partial charge in [-0.15, -0.1) is 11.3 Å². The lowest BCUT2D eigenvalue weighted by molar-refractivity contribution is -0.113. The quantitative estimate of drug-likeness (QED) is 0.292. The number of hydrogen-bond acceptors (Lipinski definition) is 7. The molecule has 1 amide bonds. The van der Waals surface area contributed by atoms with Gasteiger partial charge in [0, 0.05) is 29.0 Å². The normalized spacial score (nSPS) is 16.3. The number of nitrogens with one attached hydrogen (secondary N) is 1. The Balaban J connectivity index is 1.43. The molecular weight excluding hydrogens is 513 g/mol. The SMILES string of the molecule is CCN(CC)S(=O)(=O)c1ccc(NC(=O)CSc2ncnc3sc4c(c23)CC[C@H](C(C)(C)C)C4)cc1. The summed E-state index contributed by atoms with van der Waals surface area (Å²) in [6, 6.07) is 6.32. The van der Waals surface area contributed by atoms with Crippen molar-refractivity contribution in [1.29, 1.82) is 0 Å². The molecule has 7 nitrogen and oxygen atoms in total. The van der Waals surface area contributed by atoms with Crippen LogP contribution in [0.1, 0.15) is 51.5 Å². The molecule has 0 aliphatic heterocycles. The molecule has 0 radical (unpaired) electrons. The van der Waals surface area contributed by atoms with Crippen LogP contribution >= 0.6 is 23.1 Å². The summed E-state index contributed by atoms with van der Waals surface area (Å²) in [5.74, 6) is 0.699. The number of carbonyl (C=O) groups is 1. The first-order chi connectivity index (χ1) is 17.0. The molecule has 0 unspecified atom stereocenters. The van der Waals surface area contributed by atoms with Crippen LogP contribution in [0, 0.1) is 11.3 Å². The second kappa shape index (κ2) is 10.8. The van der Waals surface area contributed by atoms with Crippen molar-refractivity contribution in [2.75, 3.05) is 24.2 Å². The fourth-order valence-electron chi connectivity index (χ4n) is 4.68. The molecule has 1 atom stereocenters. The Hall–Kier alpha value is -2.01. The Kier molecular flexibility index (Phi) is 8.09. The second-order valence-corrected chi connectivity index (χ2v) is 14.1. The minimum absolute atomic E-state index is 0.164. The van der Waals surface area contributed by atoms with Gasteiger partial charge in [-0.05, 0) is 60.4 Å². The number of thiophene rings is 1. The molecule has 1 aromatic carbocycles. The largest absolute Gasteiger partial charge is 0.325 e. The van der Waals surface area contributed by atoms with E-state index in [2.05, 4.69) is 36.1 Å². The lowest BCUT2D eigenvalue weighted by atomic mass is 9.72. The van der Waals surface area contributed by atoms with E-state index in [0.29, 0.717) is 24.7 Å². The number of sulfonamides is 1. The highest BCUT2D eigenvalue weighted by Gasteiger charge is 2.31. The van der Waals surface area contributed by atoms with E-state index in [9.17, 15) is 13.2 Å². The monoisotopic (exact) mass is 546 g/mol. The van der Waals surface area contributed by atoms with Crippen molar-refractivity contribution < 1.29 is 13.2 Å². The molecule has 0 saturated carbocycles. The van der Waals surface area contributed by atoms with Gasteiger partial charge in [-0.1, -0.05) is 46.4 Å². The van der Waals surface area contributed by atoms with Crippen LogP contribution in [0.2, 0.25) is 0 Å². The zero-order chi connectivity index (χ0) is 26.1. The van der Waals surface area contributed by atoms with E-state index < -0.39 is 10.0 Å². The standard InChI is InChI=1S/C26H34N4O3S3/c1-6-30(7-2)36(32,33)19-11-9-18(10-12-19)29-22(31)15-34-24-23-20-13-8-17(26(3,4)5)14-21(20)35-25(23)28-16-27-24/h9-12,16-17H,6-8,13-15H2,1-5H3,(H,29,31)/t17-/m0/s1. The number of aromatic nitrogens is 2. The highest BCUT2D eigenvalue weighted by Crippen LogP contribution is 2.44. The van der Waals surface area contributed by atoms with E-state index in [1.165, 1.54) is 38.6 Å². The summed E-state index contributed by atoms with van der Waals surface area (Å²) in [4.78, 5) is 24.3.